The third-order valence-corrected chi connectivity index (χ3v) is 2.92. The van der Waals surface area contributed by atoms with E-state index in [0.29, 0.717) is 18.7 Å². The van der Waals surface area contributed by atoms with Crippen molar-refractivity contribution in [1.82, 2.24) is 4.90 Å². The van der Waals surface area contributed by atoms with Crippen LogP contribution in [0.2, 0.25) is 0 Å². The van der Waals surface area contributed by atoms with Gasteiger partial charge in [0, 0.05) is 19.2 Å². The van der Waals surface area contributed by atoms with Crippen LogP contribution in [-0.2, 0) is 4.79 Å². The van der Waals surface area contributed by atoms with E-state index in [2.05, 4.69) is 0 Å². The van der Waals surface area contributed by atoms with Gasteiger partial charge in [0.05, 0.1) is 6.10 Å². The van der Waals surface area contributed by atoms with Crippen molar-refractivity contribution in [3.8, 4) is 5.75 Å². The Morgan fingerprint density at radius 2 is 2.06 bits per heavy atom. The highest BCUT2D eigenvalue weighted by Gasteiger charge is 2.13. The summed E-state index contributed by atoms with van der Waals surface area (Å²) in [7, 11) is 1.73. The number of rotatable bonds is 6. The van der Waals surface area contributed by atoms with Crippen molar-refractivity contribution in [3.05, 3.63) is 29.8 Å². The molecule has 0 radical (unpaired) electrons. The number of para-hydroxylation sites is 1. The fourth-order valence-electron chi connectivity index (χ4n) is 1.53. The third kappa shape index (κ3) is 3.74. The molecule has 0 heterocycles. The first kappa shape index (κ1) is 14.5. The van der Waals surface area contributed by atoms with E-state index >= 15 is 0 Å². The molecule has 0 spiro atoms. The van der Waals surface area contributed by atoms with E-state index in [1.54, 1.807) is 18.0 Å². The van der Waals surface area contributed by atoms with Crippen LogP contribution in [0, 0.1) is 0 Å². The van der Waals surface area contributed by atoms with E-state index < -0.39 is 6.10 Å². The first-order valence-electron chi connectivity index (χ1n) is 6.23. The Balaban J connectivity index is 2.70. The summed E-state index contributed by atoms with van der Waals surface area (Å²) < 4.78 is 5.49. The van der Waals surface area contributed by atoms with E-state index in [4.69, 9.17) is 4.74 Å². The number of carbonyl (C=O) groups excluding carboxylic acids is 1. The number of aliphatic hydroxyl groups excluding tert-OH is 1. The Bertz CT molecular complexity index is 392. The summed E-state index contributed by atoms with van der Waals surface area (Å²) in [5.41, 5.74) is 0.729. The summed E-state index contributed by atoms with van der Waals surface area (Å²) in [5.74, 6) is 0.503. The number of carbonyl (C=O) groups is 1. The number of nitrogens with zero attached hydrogens (tertiary/aromatic N) is 1. The van der Waals surface area contributed by atoms with Crippen LogP contribution >= 0.6 is 0 Å². The van der Waals surface area contributed by atoms with Gasteiger partial charge in [-0.15, -0.1) is 0 Å². The maximum Gasteiger partial charge on any atom is 0.260 e. The van der Waals surface area contributed by atoms with E-state index in [-0.39, 0.29) is 12.5 Å². The van der Waals surface area contributed by atoms with Gasteiger partial charge in [0.1, 0.15) is 5.75 Å². The fourth-order valence-corrected chi connectivity index (χ4v) is 1.53. The highest BCUT2D eigenvalue weighted by Crippen LogP contribution is 2.26. The lowest BCUT2D eigenvalue weighted by atomic mass is 10.1. The SMILES string of the molecule is CCC(O)c1ccccc1OCC(=O)N(C)CC. The second-order valence-electron chi connectivity index (χ2n) is 4.16. The maximum atomic E-state index is 11.6. The number of likely N-dealkylation sites (N-methyl/N-ethyl adjacent to an activating group) is 1. The molecule has 1 aromatic carbocycles. The van der Waals surface area contributed by atoms with Crippen molar-refractivity contribution < 1.29 is 14.6 Å². The summed E-state index contributed by atoms with van der Waals surface area (Å²) in [4.78, 5) is 13.2. The van der Waals surface area contributed by atoms with Crippen LogP contribution in [0.1, 0.15) is 31.9 Å². The summed E-state index contributed by atoms with van der Waals surface area (Å²) >= 11 is 0. The number of hydrogen-bond donors (Lipinski definition) is 1. The van der Waals surface area contributed by atoms with Gasteiger partial charge in [-0.3, -0.25) is 4.79 Å². The molecule has 4 heteroatoms. The largest absolute Gasteiger partial charge is 0.483 e. The number of amides is 1. The van der Waals surface area contributed by atoms with Gasteiger partial charge in [-0.2, -0.15) is 0 Å². The summed E-state index contributed by atoms with van der Waals surface area (Å²) in [6.45, 7) is 4.46. The average Bonchev–Trinajstić information content (AvgIpc) is 2.43. The predicted octanol–water partition coefficient (Wildman–Crippen LogP) is 1.99. The monoisotopic (exact) mass is 251 g/mol. The zero-order chi connectivity index (χ0) is 13.5. The van der Waals surface area contributed by atoms with Gasteiger partial charge in [0.25, 0.3) is 5.91 Å². The van der Waals surface area contributed by atoms with Gasteiger partial charge in [-0.05, 0) is 19.4 Å². The molecule has 1 N–H and O–H groups in total. The Kier molecular flexibility index (Phi) is 5.65. The second-order valence-corrected chi connectivity index (χ2v) is 4.16. The topological polar surface area (TPSA) is 49.8 Å². The molecule has 0 aliphatic carbocycles. The van der Waals surface area contributed by atoms with Crippen LogP contribution in [0.4, 0.5) is 0 Å². The minimum atomic E-state index is -0.555. The Hall–Kier alpha value is -1.55. The first-order valence-corrected chi connectivity index (χ1v) is 6.23. The molecule has 0 bridgehead atoms. The zero-order valence-corrected chi connectivity index (χ0v) is 11.2. The minimum absolute atomic E-state index is 0.00219. The van der Waals surface area contributed by atoms with E-state index in [1.165, 1.54) is 0 Å². The Morgan fingerprint density at radius 3 is 2.67 bits per heavy atom. The van der Waals surface area contributed by atoms with Crippen LogP contribution in [0.25, 0.3) is 0 Å². The highest BCUT2D eigenvalue weighted by molar-refractivity contribution is 5.77. The number of hydrogen-bond acceptors (Lipinski definition) is 3. The first-order chi connectivity index (χ1) is 8.60. The molecular weight excluding hydrogens is 230 g/mol. The quantitative estimate of drug-likeness (QED) is 0.841. The predicted molar refractivity (Wildman–Crippen MR) is 70.5 cm³/mol. The second kappa shape index (κ2) is 7.01. The molecule has 1 atom stereocenters. The lowest BCUT2D eigenvalue weighted by Crippen LogP contribution is -2.31. The normalized spacial score (nSPS) is 12.0. The lowest BCUT2D eigenvalue weighted by Gasteiger charge is -2.17. The molecule has 1 unspecified atom stereocenters. The van der Waals surface area contributed by atoms with Gasteiger partial charge in [0.2, 0.25) is 0 Å². The molecule has 0 aliphatic rings. The highest BCUT2D eigenvalue weighted by atomic mass is 16.5. The third-order valence-electron chi connectivity index (χ3n) is 2.92. The molecule has 0 aromatic heterocycles. The summed E-state index contributed by atoms with van der Waals surface area (Å²) in [5, 5.41) is 9.86. The molecule has 1 amide bonds. The molecule has 18 heavy (non-hydrogen) atoms. The van der Waals surface area contributed by atoms with Crippen LogP contribution in [0.5, 0.6) is 5.75 Å². The van der Waals surface area contributed by atoms with Crippen LogP contribution in [0.15, 0.2) is 24.3 Å². The minimum Gasteiger partial charge on any atom is -0.483 e. The molecule has 1 rings (SSSR count). The summed E-state index contributed by atoms with van der Waals surface area (Å²) in [6.07, 6.45) is 0.0589. The van der Waals surface area contributed by atoms with Crippen LogP contribution < -0.4 is 4.74 Å². The standard InChI is InChI=1S/C14H21NO3/c1-4-12(16)11-8-6-7-9-13(11)18-10-14(17)15(3)5-2/h6-9,12,16H,4-5,10H2,1-3H3. The maximum absolute atomic E-state index is 11.6. The number of aliphatic hydroxyl groups is 1. The van der Waals surface area contributed by atoms with E-state index in [1.807, 2.05) is 32.0 Å². The molecular formula is C14H21NO3. The van der Waals surface area contributed by atoms with E-state index in [9.17, 15) is 9.90 Å². The lowest BCUT2D eigenvalue weighted by molar-refractivity contribution is -0.131. The Morgan fingerprint density at radius 1 is 1.39 bits per heavy atom. The molecule has 100 valence electrons. The van der Waals surface area contributed by atoms with Crippen LogP contribution in [0.3, 0.4) is 0 Å². The molecule has 0 aliphatic heterocycles. The van der Waals surface area contributed by atoms with Gasteiger partial charge < -0.3 is 14.7 Å². The van der Waals surface area contributed by atoms with Crippen molar-refractivity contribution in [2.75, 3.05) is 20.2 Å². The fraction of sp³-hybridized carbons (Fsp3) is 0.500. The van der Waals surface area contributed by atoms with Gasteiger partial charge in [0.15, 0.2) is 6.61 Å². The van der Waals surface area contributed by atoms with Crippen molar-refractivity contribution in [2.45, 2.75) is 26.4 Å². The average molecular weight is 251 g/mol. The molecule has 1 aromatic rings. The molecule has 0 fully saturated rings. The summed E-state index contributed by atoms with van der Waals surface area (Å²) in [6, 6.07) is 7.27. The van der Waals surface area contributed by atoms with Crippen LogP contribution in [-0.4, -0.2) is 36.1 Å². The van der Waals surface area contributed by atoms with Crippen molar-refractivity contribution in [2.24, 2.45) is 0 Å². The molecule has 0 saturated heterocycles. The van der Waals surface area contributed by atoms with Crippen molar-refractivity contribution in [1.29, 1.82) is 0 Å². The molecule has 4 nitrogen and oxygen atoms in total. The Labute approximate surface area is 108 Å². The van der Waals surface area contributed by atoms with Crippen molar-refractivity contribution in [3.63, 3.8) is 0 Å². The van der Waals surface area contributed by atoms with Gasteiger partial charge in [-0.1, -0.05) is 25.1 Å². The molecule has 0 saturated carbocycles. The number of ether oxygens (including phenoxy) is 1. The zero-order valence-electron chi connectivity index (χ0n) is 11.2. The smallest absolute Gasteiger partial charge is 0.260 e. The number of benzene rings is 1. The van der Waals surface area contributed by atoms with Gasteiger partial charge in [-0.25, -0.2) is 0 Å². The van der Waals surface area contributed by atoms with Crippen molar-refractivity contribution >= 4 is 5.91 Å². The van der Waals surface area contributed by atoms with E-state index in [0.717, 1.165) is 5.56 Å². The van der Waals surface area contributed by atoms with Gasteiger partial charge >= 0.3 is 0 Å².